The monoisotopic (exact) mass is 197 g/mol. The van der Waals surface area contributed by atoms with E-state index in [9.17, 15) is 4.79 Å². The van der Waals surface area contributed by atoms with Crippen LogP contribution in [0.15, 0.2) is 12.3 Å². The van der Waals surface area contributed by atoms with Gasteiger partial charge in [0.05, 0.1) is 18.7 Å². The Morgan fingerprint density at radius 2 is 2.43 bits per heavy atom. The highest BCUT2D eigenvalue weighted by atomic mass is 16.4. The van der Waals surface area contributed by atoms with E-state index in [2.05, 4.69) is 10.4 Å². The SMILES string of the molecule is Cc1ccn(CCNCCC(=O)O)n1. The number of carboxylic acid groups (broad SMARTS) is 1. The van der Waals surface area contributed by atoms with Gasteiger partial charge in [0.1, 0.15) is 0 Å². The molecule has 0 aromatic carbocycles. The Balaban J connectivity index is 2.07. The third-order valence-electron chi connectivity index (χ3n) is 1.81. The summed E-state index contributed by atoms with van der Waals surface area (Å²) in [4.78, 5) is 10.2. The average Bonchev–Trinajstić information content (AvgIpc) is 2.50. The Labute approximate surface area is 82.7 Å². The zero-order valence-corrected chi connectivity index (χ0v) is 8.23. The second-order valence-electron chi connectivity index (χ2n) is 3.11. The summed E-state index contributed by atoms with van der Waals surface area (Å²) in [6.45, 7) is 3.96. The molecule has 0 fully saturated rings. The Bertz CT molecular complexity index is 296. The molecule has 0 saturated heterocycles. The molecule has 0 aliphatic carbocycles. The number of aromatic nitrogens is 2. The molecule has 5 heteroatoms. The maximum absolute atomic E-state index is 10.2. The smallest absolute Gasteiger partial charge is 0.304 e. The van der Waals surface area contributed by atoms with E-state index in [0.29, 0.717) is 6.54 Å². The van der Waals surface area contributed by atoms with E-state index in [1.165, 1.54) is 0 Å². The Morgan fingerprint density at radius 3 is 3.00 bits per heavy atom. The molecule has 2 N–H and O–H groups in total. The molecule has 1 aromatic rings. The van der Waals surface area contributed by atoms with Gasteiger partial charge in [-0.3, -0.25) is 9.48 Å². The minimum Gasteiger partial charge on any atom is -0.481 e. The molecule has 0 spiro atoms. The molecule has 0 saturated carbocycles. The molecule has 14 heavy (non-hydrogen) atoms. The number of rotatable bonds is 6. The number of aliphatic carboxylic acids is 1. The van der Waals surface area contributed by atoms with Crippen LogP contribution in [0.4, 0.5) is 0 Å². The van der Waals surface area contributed by atoms with Crippen LogP contribution in [-0.4, -0.2) is 33.9 Å². The van der Waals surface area contributed by atoms with E-state index >= 15 is 0 Å². The second-order valence-corrected chi connectivity index (χ2v) is 3.11. The fraction of sp³-hybridized carbons (Fsp3) is 0.556. The number of nitrogens with one attached hydrogen (secondary N) is 1. The van der Waals surface area contributed by atoms with Gasteiger partial charge in [0.15, 0.2) is 0 Å². The summed E-state index contributed by atoms with van der Waals surface area (Å²) in [5.74, 6) is -0.771. The van der Waals surface area contributed by atoms with Gasteiger partial charge in [-0.15, -0.1) is 0 Å². The normalized spacial score (nSPS) is 10.4. The zero-order valence-electron chi connectivity index (χ0n) is 8.23. The first-order chi connectivity index (χ1) is 6.68. The average molecular weight is 197 g/mol. The first-order valence-corrected chi connectivity index (χ1v) is 4.61. The van der Waals surface area contributed by atoms with Crippen molar-refractivity contribution in [2.24, 2.45) is 0 Å². The van der Waals surface area contributed by atoms with Gasteiger partial charge in [0.2, 0.25) is 0 Å². The number of aryl methyl sites for hydroxylation is 1. The van der Waals surface area contributed by atoms with Crippen LogP contribution >= 0.6 is 0 Å². The predicted molar refractivity (Wildman–Crippen MR) is 52.1 cm³/mol. The van der Waals surface area contributed by atoms with Gasteiger partial charge in [-0.25, -0.2) is 0 Å². The van der Waals surface area contributed by atoms with Crippen LogP contribution in [0.25, 0.3) is 0 Å². The quantitative estimate of drug-likeness (QED) is 0.642. The first-order valence-electron chi connectivity index (χ1n) is 4.61. The van der Waals surface area contributed by atoms with Gasteiger partial charge in [-0.1, -0.05) is 0 Å². The minimum atomic E-state index is -0.771. The van der Waals surface area contributed by atoms with Crippen molar-refractivity contribution in [2.45, 2.75) is 19.9 Å². The topological polar surface area (TPSA) is 67.2 Å². The lowest BCUT2D eigenvalue weighted by atomic mass is 10.4. The van der Waals surface area contributed by atoms with Crippen molar-refractivity contribution in [3.63, 3.8) is 0 Å². The summed E-state index contributed by atoms with van der Waals surface area (Å²) < 4.78 is 1.84. The first kappa shape index (κ1) is 10.7. The van der Waals surface area contributed by atoms with Gasteiger partial charge in [-0.05, 0) is 13.0 Å². The number of hydrogen-bond acceptors (Lipinski definition) is 3. The van der Waals surface area contributed by atoms with Crippen LogP contribution in [0.3, 0.4) is 0 Å². The number of nitrogens with zero attached hydrogens (tertiary/aromatic N) is 2. The summed E-state index contributed by atoms with van der Waals surface area (Å²) >= 11 is 0. The molecule has 1 aromatic heterocycles. The molecule has 1 heterocycles. The fourth-order valence-electron chi connectivity index (χ4n) is 1.10. The standard InChI is InChI=1S/C9H15N3O2/c1-8-3-6-12(11-8)7-5-10-4-2-9(13)14/h3,6,10H,2,4-5,7H2,1H3,(H,13,14). The summed E-state index contributed by atoms with van der Waals surface area (Å²) in [6.07, 6.45) is 2.08. The lowest BCUT2D eigenvalue weighted by Crippen LogP contribution is -2.23. The van der Waals surface area contributed by atoms with Crippen molar-refractivity contribution in [1.29, 1.82) is 0 Å². The molecular formula is C9H15N3O2. The number of hydrogen-bond donors (Lipinski definition) is 2. The van der Waals surface area contributed by atoms with E-state index < -0.39 is 5.97 Å². The van der Waals surface area contributed by atoms with Crippen molar-refractivity contribution < 1.29 is 9.90 Å². The highest BCUT2D eigenvalue weighted by Gasteiger charge is 1.96. The van der Waals surface area contributed by atoms with Crippen LogP contribution < -0.4 is 5.32 Å². The molecule has 0 bridgehead atoms. The summed E-state index contributed by atoms with van der Waals surface area (Å²) in [7, 11) is 0. The molecule has 0 unspecified atom stereocenters. The van der Waals surface area contributed by atoms with E-state index in [1.54, 1.807) is 0 Å². The van der Waals surface area contributed by atoms with Gasteiger partial charge in [0, 0.05) is 19.3 Å². The van der Waals surface area contributed by atoms with Crippen LogP contribution in [-0.2, 0) is 11.3 Å². The molecule has 78 valence electrons. The maximum Gasteiger partial charge on any atom is 0.304 e. The van der Waals surface area contributed by atoms with E-state index in [1.807, 2.05) is 23.9 Å². The van der Waals surface area contributed by atoms with Crippen molar-refractivity contribution in [1.82, 2.24) is 15.1 Å². The molecule has 0 atom stereocenters. The van der Waals surface area contributed by atoms with E-state index in [0.717, 1.165) is 18.8 Å². The molecule has 1 rings (SSSR count). The lowest BCUT2D eigenvalue weighted by Gasteiger charge is -2.02. The summed E-state index contributed by atoms with van der Waals surface area (Å²) in [5.41, 5.74) is 0.996. The predicted octanol–water partition coefficient (Wildman–Crippen LogP) is 0.256. The van der Waals surface area contributed by atoms with Gasteiger partial charge >= 0.3 is 5.97 Å². The maximum atomic E-state index is 10.2. The third-order valence-corrected chi connectivity index (χ3v) is 1.81. The van der Waals surface area contributed by atoms with Crippen LogP contribution in [0.5, 0.6) is 0 Å². The summed E-state index contributed by atoms with van der Waals surface area (Å²) in [5, 5.41) is 15.6. The molecule has 0 aliphatic rings. The Morgan fingerprint density at radius 1 is 1.64 bits per heavy atom. The van der Waals surface area contributed by atoms with Crippen molar-refractivity contribution in [3.8, 4) is 0 Å². The number of carbonyl (C=O) groups is 1. The molecule has 0 amide bonds. The van der Waals surface area contributed by atoms with Crippen LogP contribution in [0.1, 0.15) is 12.1 Å². The van der Waals surface area contributed by atoms with Gasteiger partial charge < -0.3 is 10.4 Å². The second kappa shape index (κ2) is 5.39. The number of carboxylic acids is 1. The van der Waals surface area contributed by atoms with Gasteiger partial charge in [0.25, 0.3) is 0 Å². The zero-order chi connectivity index (χ0) is 10.4. The van der Waals surface area contributed by atoms with E-state index in [-0.39, 0.29) is 6.42 Å². The molecule has 0 aliphatic heterocycles. The minimum absolute atomic E-state index is 0.165. The van der Waals surface area contributed by atoms with Crippen molar-refractivity contribution in [3.05, 3.63) is 18.0 Å². The lowest BCUT2D eigenvalue weighted by molar-refractivity contribution is -0.136. The highest BCUT2D eigenvalue weighted by Crippen LogP contribution is 1.91. The van der Waals surface area contributed by atoms with Gasteiger partial charge in [-0.2, -0.15) is 5.10 Å². The third kappa shape index (κ3) is 4.04. The largest absolute Gasteiger partial charge is 0.481 e. The Hall–Kier alpha value is -1.36. The summed E-state index contributed by atoms with van der Waals surface area (Å²) in [6, 6.07) is 1.94. The molecule has 0 radical (unpaired) electrons. The van der Waals surface area contributed by atoms with Crippen LogP contribution in [0, 0.1) is 6.92 Å². The Kier molecular flexibility index (Phi) is 4.12. The van der Waals surface area contributed by atoms with Crippen molar-refractivity contribution in [2.75, 3.05) is 13.1 Å². The fourth-order valence-corrected chi connectivity index (χ4v) is 1.10. The van der Waals surface area contributed by atoms with E-state index in [4.69, 9.17) is 5.11 Å². The molecule has 5 nitrogen and oxygen atoms in total. The van der Waals surface area contributed by atoms with Crippen molar-refractivity contribution >= 4 is 5.97 Å². The molecular weight excluding hydrogens is 182 g/mol. The van der Waals surface area contributed by atoms with Crippen LogP contribution in [0.2, 0.25) is 0 Å². The highest BCUT2D eigenvalue weighted by molar-refractivity contribution is 5.66.